The molecule has 0 spiro atoms. The molecule has 0 aliphatic carbocycles. The molecule has 32 heavy (non-hydrogen) atoms. The third-order valence-electron chi connectivity index (χ3n) is 4.18. The van der Waals surface area contributed by atoms with E-state index in [9.17, 15) is 9.59 Å². The Morgan fingerprint density at radius 2 is 1.69 bits per heavy atom. The fraction of sp³-hybridized carbons (Fsp3) is 0.182. The van der Waals surface area contributed by atoms with Crippen LogP contribution in [0, 0.1) is 0 Å². The molecule has 0 atom stereocenters. The zero-order chi connectivity index (χ0) is 22.9. The molecule has 3 rings (SSSR count). The van der Waals surface area contributed by atoms with Crippen LogP contribution in [0.3, 0.4) is 0 Å². The van der Waals surface area contributed by atoms with Crippen LogP contribution in [-0.4, -0.2) is 43.4 Å². The van der Waals surface area contributed by atoms with Gasteiger partial charge in [-0.15, -0.1) is 10.2 Å². The maximum Gasteiger partial charge on any atom is 0.331 e. The quantitative estimate of drug-likeness (QED) is 0.385. The Labute approximate surface area is 188 Å². The van der Waals surface area contributed by atoms with Crippen LogP contribution >= 0.6 is 11.3 Å². The SMILES string of the molecule is COc1ccc(NC(=O)c2nnc(COC(=O)/C=C/c3cc(OC)ccc3OC)s2)cc1. The van der Waals surface area contributed by atoms with Crippen LogP contribution < -0.4 is 19.5 Å². The highest BCUT2D eigenvalue weighted by Gasteiger charge is 2.14. The zero-order valence-corrected chi connectivity index (χ0v) is 18.5. The Morgan fingerprint density at radius 1 is 0.969 bits per heavy atom. The molecule has 1 amide bonds. The van der Waals surface area contributed by atoms with Gasteiger partial charge in [-0.3, -0.25) is 4.79 Å². The van der Waals surface area contributed by atoms with Crippen LogP contribution in [0.1, 0.15) is 20.4 Å². The third kappa shape index (κ3) is 6.05. The molecule has 166 valence electrons. The minimum absolute atomic E-state index is 0.105. The van der Waals surface area contributed by atoms with Gasteiger partial charge in [0.05, 0.1) is 21.3 Å². The molecule has 0 unspecified atom stereocenters. The van der Waals surface area contributed by atoms with Crippen molar-refractivity contribution in [3.63, 3.8) is 0 Å². The fourth-order valence-electron chi connectivity index (χ4n) is 2.57. The largest absolute Gasteiger partial charge is 0.497 e. The molecule has 3 aromatic rings. The number of nitrogens with one attached hydrogen (secondary N) is 1. The lowest BCUT2D eigenvalue weighted by atomic mass is 10.1. The second-order valence-corrected chi connectivity index (χ2v) is 7.29. The number of amides is 1. The van der Waals surface area contributed by atoms with Gasteiger partial charge < -0.3 is 24.3 Å². The van der Waals surface area contributed by atoms with Gasteiger partial charge in [-0.25, -0.2) is 4.79 Å². The van der Waals surface area contributed by atoms with Gasteiger partial charge in [0.1, 0.15) is 23.9 Å². The summed E-state index contributed by atoms with van der Waals surface area (Å²) in [4.78, 5) is 24.4. The number of esters is 1. The molecule has 9 nitrogen and oxygen atoms in total. The van der Waals surface area contributed by atoms with Crippen molar-refractivity contribution in [2.24, 2.45) is 0 Å². The summed E-state index contributed by atoms with van der Waals surface area (Å²) in [7, 11) is 4.65. The van der Waals surface area contributed by atoms with E-state index in [1.165, 1.54) is 13.2 Å². The lowest BCUT2D eigenvalue weighted by Gasteiger charge is -2.07. The summed E-state index contributed by atoms with van der Waals surface area (Å²) >= 11 is 1.04. The third-order valence-corrected chi connectivity index (χ3v) is 5.08. The summed E-state index contributed by atoms with van der Waals surface area (Å²) in [5, 5.41) is 11.0. The van der Waals surface area contributed by atoms with Crippen molar-refractivity contribution in [1.29, 1.82) is 0 Å². The van der Waals surface area contributed by atoms with E-state index in [-0.39, 0.29) is 11.6 Å². The smallest absolute Gasteiger partial charge is 0.331 e. The number of methoxy groups -OCH3 is 3. The number of carbonyl (C=O) groups is 2. The maximum atomic E-state index is 12.3. The first-order valence-corrected chi connectivity index (χ1v) is 10.2. The van der Waals surface area contributed by atoms with Gasteiger partial charge in [0.25, 0.3) is 5.91 Å². The van der Waals surface area contributed by atoms with E-state index in [0.29, 0.717) is 33.5 Å². The minimum atomic E-state index is -0.575. The van der Waals surface area contributed by atoms with Gasteiger partial charge >= 0.3 is 5.97 Å². The molecule has 0 bridgehead atoms. The zero-order valence-electron chi connectivity index (χ0n) is 17.7. The first-order chi connectivity index (χ1) is 15.5. The Balaban J connectivity index is 1.54. The molecule has 2 aromatic carbocycles. The highest BCUT2D eigenvalue weighted by molar-refractivity contribution is 7.13. The summed E-state index contributed by atoms with van der Waals surface area (Å²) in [6, 6.07) is 12.1. The molecule has 1 aromatic heterocycles. The Hall–Kier alpha value is -3.92. The molecule has 10 heteroatoms. The average molecular weight is 455 g/mol. The van der Waals surface area contributed by atoms with E-state index in [1.54, 1.807) is 62.8 Å². The number of hydrogen-bond donors (Lipinski definition) is 1. The van der Waals surface area contributed by atoms with Crippen molar-refractivity contribution >= 4 is 35.0 Å². The number of carbonyl (C=O) groups excluding carboxylic acids is 2. The second kappa shape index (κ2) is 10.9. The molecular weight excluding hydrogens is 434 g/mol. The Bertz CT molecular complexity index is 1110. The predicted octanol–water partition coefficient (Wildman–Crippen LogP) is 3.57. The van der Waals surface area contributed by atoms with Gasteiger partial charge in [0.15, 0.2) is 5.01 Å². The summed E-state index contributed by atoms with van der Waals surface area (Å²) < 4.78 is 20.7. The standard InChI is InChI=1S/C22H21N3O6S/c1-28-16-7-5-15(6-8-16)23-21(27)22-25-24-19(32-22)13-31-20(26)11-4-14-12-17(29-2)9-10-18(14)30-3/h4-12H,13H2,1-3H3,(H,23,27)/b11-4+. The van der Waals surface area contributed by atoms with Gasteiger partial charge in [0.2, 0.25) is 5.01 Å². The number of benzene rings is 2. The van der Waals surface area contributed by atoms with Crippen LogP contribution in [0.25, 0.3) is 6.08 Å². The van der Waals surface area contributed by atoms with Gasteiger partial charge in [-0.2, -0.15) is 0 Å². The van der Waals surface area contributed by atoms with E-state index < -0.39 is 11.9 Å². The van der Waals surface area contributed by atoms with Crippen molar-refractivity contribution in [1.82, 2.24) is 10.2 Å². The molecule has 1 heterocycles. The number of rotatable bonds is 9. The van der Waals surface area contributed by atoms with Crippen molar-refractivity contribution in [2.75, 3.05) is 26.6 Å². The van der Waals surface area contributed by atoms with Crippen LogP contribution in [0.4, 0.5) is 5.69 Å². The summed E-state index contributed by atoms with van der Waals surface area (Å²) in [6.45, 7) is -0.105. The normalized spacial score (nSPS) is 10.6. The lowest BCUT2D eigenvalue weighted by molar-refractivity contribution is -0.138. The number of ether oxygens (including phenoxy) is 4. The second-order valence-electron chi connectivity index (χ2n) is 6.23. The van der Waals surface area contributed by atoms with Crippen molar-refractivity contribution < 1.29 is 28.5 Å². The predicted molar refractivity (Wildman–Crippen MR) is 119 cm³/mol. The molecule has 0 radical (unpaired) electrons. The highest BCUT2D eigenvalue weighted by atomic mass is 32.1. The lowest BCUT2D eigenvalue weighted by Crippen LogP contribution is -2.11. The average Bonchev–Trinajstić information content (AvgIpc) is 3.31. The fourth-order valence-corrected chi connectivity index (χ4v) is 3.22. The molecule has 0 fully saturated rings. The first kappa shape index (κ1) is 22.8. The number of aromatic nitrogens is 2. The van der Waals surface area contributed by atoms with E-state index >= 15 is 0 Å². The Morgan fingerprint density at radius 3 is 2.38 bits per heavy atom. The maximum absolute atomic E-state index is 12.3. The van der Waals surface area contributed by atoms with E-state index in [2.05, 4.69) is 15.5 Å². The van der Waals surface area contributed by atoms with Crippen LogP contribution in [-0.2, 0) is 16.1 Å². The van der Waals surface area contributed by atoms with E-state index in [1.807, 2.05) is 0 Å². The molecular formula is C22H21N3O6S. The van der Waals surface area contributed by atoms with Gasteiger partial charge in [0, 0.05) is 17.3 Å². The van der Waals surface area contributed by atoms with Crippen molar-refractivity contribution in [3.8, 4) is 17.2 Å². The van der Waals surface area contributed by atoms with E-state index in [0.717, 1.165) is 11.3 Å². The molecule has 0 saturated carbocycles. The van der Waals surface area contributed by atoms with Gasteiger partial charge in [-0.1, -0.05) is 11.3 Å². The summed E-state index contributed by atoms with van der Waals surface area (Å²) in [6.07, 6.45) is 2.84. The minimum Gasteiger partial charge on any atom is -0.497 e. The highest BCUT2D eigenvalue weighted by Crippen LogP contribution is 2.25. The molecule has 0 saturated heterocycles. The Kier molecular flexibility index (Phi) is 7.76. The molecule has 0 aliphatic rings. The molecule has 0 aliphatic heterocycles. The first-order valence-electron chi connectivity index (χ1n) is 9.37. The summed E-state index contributed by atoms with van der Waals surface area (Å²) in [5.41, 5.74) is 1.26. The topological polar surface area (TPSA) is 109 Å². The number of anilines is 1. The monoisotopic (exact) mass is 455 g/mol. The number of hydrogen-bond acceptors (Lipinski definition) is 9. The van der Waals surface area contributed by atoms with Crippen LogP contribution in [0.5, 0.6) is 17.2 Å². The molecule has 1 N–H and O–H groups in total. The number of nitrogens with zero attached hydrogens (tertiary/aromatic N) is 2. The van der Waals surface area contributed by atoms with E-state index in [4.69, 9.17) is 18.9 Å². The van der Waals surface area contributed by atoms with Crippen molar-refractivity contribution in [3.05, 3.63) is 64.1 Å². The summed E-state index contributed by atoms with van der Waals surface area (Å²) in [5.74, 6) is 0.922. The van der Waals surface area contributed by atoms with Gasteiger partial charge in [-0.05, 0) is 48.5 Å². The van der Waals surface area contributed by atoms with Crippen molar-refractivity contribution in [2.45, 2.75) is 6.61 Å². The van der Waals surface area contributed by atoms with Crippen LogP contribution in [0.2, 0.25) is 0 Å². The van der Waals surface area contributed by atoms with Crippen LogP contribution in [0.15, 0.2) is 48.5 Å².